The first-order chi connectivity index (χ1) is 14.4. The van der Waals surface area contributed by atoms with E-state index < -0.39 is 29.2 Å². The predicted molar refractivity (Wildman–Crippen MR) is 111 cm³/mol. The van der Waals surface area contributed by atoms with Crippen LogP contribution in [0.1, 0.15) is 50.3 Å². The number of hydrogen-bond donors (Lipinski definition) is 2. The summed E-state index contributed by atoms with van der Waals surface area (Å²) in [5.74, 6) is -1.35. The van der Waals surface area contributed by atoms with Gasteiger partial charge < -0.3 is 10.6 Å². The molecule has 0 aromatic heterocycles. The maximum absolute atomic E-state index is 13.3. The molecule has 6 nitrogen and oxygen atoms in total. The summed E-state index contributed by atoms with van der Waals surface area (Å²) in [5, 5.41) is 5.64. The topological polar surface area (TPSA) is 78.5 Å². The van der Waals surface area contributed by atoms with Gasteiger partial charge in [-0.15, -0.1) is 0 Å². The monoisotopic (exact) mass is 411 g/mol. The van der Waals surface area contributed by atoms with E-state index in [9.17, 15) is 18.8 Å². The Labute approximate surface area is 175 Å². The Hall–Kier alpha value is -3.22. The third-order valence-electron chi connectivity index (χ3n) is 5.46. The van der Waals surface area contributed by atoms with Crippen LogP contribution in [0.4, 0.5) is 9.18 Å². The number of carbonyl (C=O) groups is 3. The molecule has 0 saturated carbocycles. The summed E-state index contributed by atoms with van der Waals surface area (Å²) < 4.78 is 13.3. The van der Waals surface area contributed by atoms with Gasteiger partial charge in [0.2, 0.25) is 5.91 Å². The van der Waals surface area contributed by atoms with Crippen molar-refractivity contribution in [3.8, 4) is 0 Å². The van der Waals surface area contributed by atoms with Gasteiger partial charge in [0.1, 0.15) is 17.9 Å². The molecule has 0 unspecified atom stereocenters. The summed E-state index contributed by atoms with van der Waals surface area (Å²) in [6, 6.07) is 14.2. The van der Waals surface area contributed by atoms with Gasteiger partial charge in [-0.1, -0.05) is 62.7 Å². The SMILES string of the molecule is CCC[C@H](NC(=O)CN1C(=O)N[C@](CC)(c2ccc(F)cc2)C1=O)c1ccccc1. The third-order valence-corrected chi connectivity index (χ3v) is 5.46. The summed E-state index contributed by atoms with van der Waals surface area (Å²) in [4.78, 5) is 39.3. The van der Waals surface area contributed by atoms with E-state index in [2.05, 4.69) is 10.6 Å². The zero-order valence-electron chi connectivity index (χ0n) is 17.2. The number of hydrogen-bond acceptors (Lipinski definition) is 3. The van der Waals surface area contributed by atoms with Gasteiger partial charge in [-0.25, -0.2) is 9.18 Å². The number of urea groups is 1. The molecule has 4 amide bonds. The maximum atomic E-state index is 13.3. The fraction of sp³-hybridized carbons (Fsp3) is 0.348. The quantitative estimate of drug-likeness (QED) is 0.651. The molecule has 2 N–H and O–H groups in total. The van der Waals surface area contributed by atoms with Crippen LogP contribution in [0.15, 0.2) is 54.6 Å². The Morgan fingerprint density at radius 2 is 1.77 bits per heavy atom. The molecule has 0 aliphatic carbocycles. The highest BCUT2D eigenvalue weighted by Crippen LogP contribution is 2.32. The number of nitrogens with zero attached hydrogens (tertiary/aromatic N) is 1. The molecule has 0 spiro atoms. The van der Waals surface area contributed by atoms with E-state index in [1.807, 2.05) is 37.3 Å². The Morgan fingerprint density at radius 3 is 2.37 bits per heavy atom. The van der Waals surface area contributed by atoms with Gasteiger partial charge in [-0.05, 0) is 36.1 Å². The number of amides is 4. The standard InChI is InChI=1S/C23H26FN3O3/c1-3-8-19(16-9-6-5-7-10-16)25-20(28)15-27-21(29)23(4-2,26-22(27)30)17-11-13-18(24)14-12-17/h5-7,9-14,19H,3-4,8,15H2,1-2H3,(H,25,28)(H,26,30)/t19-,23+/m0/s1. The minimum Gasteiger partial charge on any atom is -0.348 e. The molecule has 158 valence electrons. The van der Waals surface area contributed by atoms with Crippen LogP contribution in [-0.2, 0) is 15.1 Å². The highest BCUT2D eigenvalue weighted by Gasteiger charge is 2.51. The summed E-state index contributed by atoms with van der Waals surface area (Å²) in [6.07, 6.45) is 1.89. The molecule has 1 fully saturated rings. The molecule has 7 heteroatoms. The molecule has 1 saturated heterocycles. The number of halogens is 1. The second kappa shape index (κ2) is 9.07. The van der Waals surface area contributed by atoms with Crippen LogP contribution in [0, 0.1) is 5.82 Å². The van der Waals surface area contributed by atoms with Crippen molar-refractivity contribution in [1.29, 1.82) is 0 Å². The minimum atomic E-state index is -1.30. The zero-order valence-corrected chi connectivity index (χ0v) is 17.2. The normalized spacial score (nSPS) is 19.5. The van der Waals surface area contributed by atoms with Crippen molar-refractivity contribution in [2.45, 2.75) is 44.7 Å². The van der Waals surface area contributed by atoms with E-state index in [-0.39, 0.29) is 19.0 Å². The maximum Gasteiger partial charge on any atom is 0.325 e. The average Bonchev–Trinajstić information content (AvgIpc) is 2.99. The fourth-order valence-corrected chi connectivity index (χ4v) is 3.82. The lowest BCUT2D eigenvalue weighted by Crippen LogP contribution is -2.45. The van der Waals surface area contributed by atoms with Gasteiger partial charge in [0.15, 0.2) is 0 Å². The molecular weight excluding hydrogens is 385 g/mol. The van der Waals surface area contributed by atoms with Crippen molar-refractivity contribution in [2.75, 3.05) is 6.54 Å². The van der Waals surface area contributed by atoms with Crippen molar-refractivity contribution in [1.82, 2.24) is 15.5 Å². The van der Waals surface area contributed by atoms with Gasteiger partial charge in [0, 0.05) is 0 Å². The number of rotatable bonds is 8. The zero-order chi connectivity index (χ0) is 21.7. The molecule has 0 bridgehead atoms. The molecule has 2 aromatic carbocycles. The smallest absolute Gasteiger partial charge is 0.325 e. The molecule has 1 aliphatic rings. The van der Waals surface area contributed by atoms with Crippen LogP contribution in [0.2, 0.25) is 0 Å². The van der Waals surface area contributed by atoms with Crippen LogP contribution < -0.4 is 10.6 Å². The minimum absolute atomic E-state index is 0.197. The Bertz CT molecular complexity index is 917. The first-order valence-electron chi connectivity index (χ1n) is 10.2. The molecule has 2 aromatic rings. The van der Waals surface area contributed by atoms with Crippen LogP contribution in [0.3, 0.4) is 0 Å². The second-order valence-corrected chi connectivity index (χ2v) is 7.41. The first-order valence-corrected chi connectivity index (χ1v) is 10.2. The van der Waals surface area contributed by atoms with Gasteiger partial charge in [-0.3, -0.25) is 14.5 Å². The second-order valence-electron chi connectivity index (χ2n) is 7.41. The van der Waals surface area contributed by atoms with E-state index >= 15 is 0 Å². The lowest BCUT2D eigenvalue weighted by molar-refractivity contribution is -0.135. The summed E-state index contributed by atoms with van der Waals surface area (Å²) in [5.41, 5.74) is 0.160. The lowest BCUT2D eigenvalue weighted by atomic mass is 9.87. The average molecular weight is 411 g/mol. The fourth-order valence-electron chi connectivity index (χ4n) is 3.82. The summed E-state index contributed by atoms with van der Waals surface area (Å²) in [6.45, 7) is 3.41. The third kappa shape index (κ3) is 4.20. The molecule has 1 aliphatic heterocycles. The van der Waals surface area contributed by atoms with Gasteiger partial charge in [0.25, 0.3) is 5.91 Å². The van der Waals surface area contributed by atoms with Crippen LogP contribution >= 0.6 is 0 Å². The van der Waals surface area contributed by atoms with E-state index in [4.69, 9.17) is 0 Å². The van der Waals surface area contributed by atoms with Gasteiger partial charge >= 0.3 is 6.03 Å². The molecule has 1 heterocycles. The molecule has 0 radical (unpaired) electrons. The largest absolute Gasteiger partial charge is 0.348 e. The van der Waals surface area contributed by atoms with Crippen molar-refractivity contribution in [3.63, 3.8) is 0 Å². The number of nitrogens with one attached hydrogen (secondary N) is 2. The Balaban J connectivity index is 1.76. The van der Waals surface area contributed by atoms with Gasteiger partial charge in [-0.2, -0.15) is 0 Å². The first kappa shape index (κ1) is 21.5. The van der Waals surface area contributed by atoms with E-state index in [0.717, 1.165) is 23.3 Å². The summed E-state index contributed by atoms with van der Waals surface area (Å²) >= 11 is 0. The van der Waals surface area contributed by atoms with E-state index in [0.29, 0.717) is 5.56 Å². The highest BCUT2D eigenvalue weighted by molar-refractivity contribution is 6.09. The Kier molecular flexibility index (Phi) is 6.50. The lowest BCUT2D eigenvalue weighted by Gasteiger charge is -2.26. The highest BCUT2D eigenvalue weighted by atomic mass is 19.1. The van der Waals surface area contributed by atoms with E-state index in [1.54, 1.807) is 6.92 Å². The van der Waals surface area contributed by atoms with Crippen LogP contribution in [0.5, 0.6) is 0 Å². The van der Waals surface area contributed by atoms with Crippen molar-refractivity contribution < 1.29 is 18.8 Å². The van der Waals surface area contributed by atoms with Crippen LogP contribution in [-0.4, -0.2) is 29.3 Å². The van der Waals surface area contributed by atoms with Crippen molar-refractivity contribution in [3.05, 3.63) is 71.5 Å². The number of carbonyl (C=O) groups excluding carboxylic acids is 3. The molecular formula is C23H26FN3O3. The molecule has 3 rings (SSSR count). The van der Waals surface area contributed by atoms with Crippen molar-refractivity contribution in [2.24, 2.45) is 0 Å². The number of benzene rings is 2. The molecule has 2 atom stereocenters. The van der Waals surface area contributed by atoms with Crippen LogP contribution in [0.25, 0.3) is 0 Å². The summed E-state index contributed by atoms with van der Waals surface area (Å²) in [7, 11) is 0. The molecule has 30 heavy (non-hydrogen) atoms. The van der Waals surface area contributed by atoms with E-state index in [1.165, 1.54) is 24.3 Å². The number of imide groups is 1. The Morgan fingerprint density at radius 1 is 1.10 bits per heavy atom. The predicted octanol–water partition coefficient (Wildman–Crippen LogP) is 3.64. The van der Waals surface area contributed by atoms with Gasteiger partial charge in [0.05, 0.1) is 6.04 Å². The van der Waals surface area contributed by atoms with Crippen molar-refractivity contribution >= 4 is 17.8 Å².